The number of thioether (sulfide) groups is 1. The molecule has 1 fully saturated rings. The predicted molar refractivity (Wildman–Crippen MR) is 105 cm³/mol. The van der Waals surface area contributed by atoms with E-state index in [-0.39, 0.29) is 5.54 Å². The zero-order valence-electron chi connectivity index (χ0n) is 14.4. The van der Waals surface area contributed by atoms with Gasteiger partial charge < -0.3 is 11.1 Å². The van der Waals surface area contributed by atoms with Crippen LogP contribution in [0.3, 0.4) is 0 Å². The summed E-state index contributed by atoms with van der Waals surface area (Å²) in [5, 5.41) is 3.74. The normalized spacial score (nSPS) is 17.6. The van der Waals surface area contributed by atoms with Crippen molar-refractivity contribution in [2.45, 2.75) is 29.8 Å². The van der Waals surface area contributed by atoms with Crippen molar-refractivity contribution in [3.8, 4) is 0 Å². The van der Waals surface area contributed by atoms with Gasteiger partial charge in [-0.15, -0.1) is 11.8 Å². The lowest BCUT2D eigenvalue weighted by Gasteiger charge is -2.42. The molecule has 1 aliphatic heterocycles. The van der Waals surface area contributed by atoms with Crippen LogP contribution in [-0.2, 0) is 6.54 Å². The average molecular weight is 342 g/mol. The highest BCUT2D eigenvalue weighted by atomic mass is 32.2. The minimum atomic E-state index is 0.0181. The molecule has 0 atom stereocenters. The van der Waals surface area contributed by atoms with E-state index >= 15 is 0 Å². The molecule has 0 aromatic heterocycles. The summed E-state index contributed by atoms with van der Waals surface area (Å²) in [4.78, 5) is 3.82. The zero-order valence-corrected chi connectivity index (χ0v) is 15.2. The van der Waals surface area contributed by atoms with E-state index in [4.69, 9.17) is 5.73 Å². The van der Waals surface area contributed by atoms with Gasteiger partial charge in [-0.05, 0) is 42.9 Å². The molecule has 3 nitrogen and oxygen atoms in total. The molecule has 1 heterocycles. The van der Waals surface area contributed by atoms with Crippen molar-refractivity contribution in [3.63, 3.8) is 0 Å². The summed E-state index contributed by atoms with van der Waals surface area (Å²) >= 11 is 1.77. The van der Waals surface area contributed by atoms with Gasteiger partial charge in [0.2, 0.25) is 0 Å². The van der Waals surface area contributed by atoms with Gasteiger partial charge >= 0.3 is 0 Å². The SMILES string of the molecule is CSc1cccc(NC2(CN)CCN(Cc3ccccc3)CC2)c1. The summed E-state index contributed by atoms with van der Waals surface area (Å²) in [5.74, 6) is 0. The first-order valence-corrected chi connectivity index (χ1v) is 9.84. The van der Waals surface area contributed by atoms with Gasteiger partial charge in [0.25, 0.3) is 0 Å². The fraction of sp³-hybridized carbons (Fsp3) is 0.400. The summed E-state index contributed by atoms with van der Waals surface area (Å²) in [7, 11) is 0. The maximum Gasteiger partial charge on any atom is 0.0520 e. The van der Waals surface area contributed by atoms with Crippen molar-refractivity contribution in [3.05, 3.63) is 60.2 Å². The van der Waals surface area contributed by atoms with Crippen LogP contribution in [0, 0.1) is 0 Å². The minimum Gasteiger partial charge on any atom is -0.378 e. The van der Waals surface area contributed by atoms with Crippen LogP contribution in [0.5, 0.6) is 0 Å². The first-order valence-electron chi connectivity index (χ1n) is 8.62. The molecule has 0 saturated carbocycles. The van der Waals surface area contributed by atoms with Gasteiger partial charge in [-0.1, -0.05) is 36.4 Å². The van der Waals surface area contributed by atoms with Gasteiger partial charge in [0, 0.05) is 36.8 Å². The number of nitrogens with zero attached hydrogens (tertiary/aromatic N) is 1. The predicted octanol–water partition coefficient (Wildman–Crippen LogP) is 3.81. The number of likely N-dealkylation sites (tertiary alicyclic amines) is 1. The summed E-state index contributed by atoms with van der Waals surface area (Å²) < 4.78 is 0. The molecule has 0 radical (unpaired) electrons. The molecule has 128 valence electrons. The van der Waals surface area contributed by atoms with Crippen LogP contribution < -0.4 is 11.1 Å². The van der Waals surface area contributed by atoms with Crippen molar-refractivity contribution < 1.29 is 0 Å². The molecule has 0 unspecified atom stereocenters. The molecule has 3 N–H and O–H groups in total. The van der Waals surface area contributed by atoms with Crippen LogP contribution in [0.25, 0.3) is 0 Å². The molecule has 0 spiro atoms. The Labute approximate surface area is 149 Å². The maximum absolute atomic E-state index is 6.17. The second-order valence-electron chi connectivity index (χ2n) is 6.60. The van der Waals surface area contributed by atoms with Gasteiger partial charge in [-0.25, -0.2) is 0 Å². The zero-order chi connectivity index (χ0) is 16.8. The van der Waals surface area contributed by atoms with Crippen LogP contribution >= 0.6 is 11.8 Å². The van der Waals surface area contributed by atoms with E-state index in [0.717, 1.165) is 32.5 Å². The maximum atomic E-state index is 6.17. The standard InChI is InChI=1S/C20H27N3S/c1-24-19-9-5-8-18(14-19)22-20(16-21)10-12-23(13-11-20)15-17-6-3-2-4-7-17/h2-9,14,22H,10-13,15-16,21H2,1H3. The number of anilines is 1. The molecule has 2 aromatic carbocycles. The van der Waals surface area contributed by atoms with E-state index in [2.05, 4.69) is 71.1 Å². The van der Waals surface area contributed by atoms with Gasteiger partial charge in [0.15, 0.2) is 0 Å². The molecular formula is C20H27N3S. The fourth-order valence-corrected chi connectivity index (χ4v) is 3.83. The highest BCUT2D eigenvalue weighted by molar-refractivity contribution is 7.98. The van der Waals surface area contributed by atoms with Gasteiger partial charge in [-0.2, -0.15) is 0 Å². The van der Waals surface area contributed by atoms with E-state index in [1.54, 1.807) is 11.8 Å². The van der Waals surface area contributed by atoms with Crippen molar-refractivity contribution in [1.29, 1.82) is 0 Å². The van der Waals surface area contributed by atoms with Gasteiger partial charge in [0.05, 0.1) is 5.54 Å². The van der Waals surface area contributed by atoms with Crippen molar-refractivity contribution in [2.24, 2.45) is 5.73 Å². The third kappa shape index (κ3) is 4.32. The molecule has 0 aliphatic carbocycles. The second-order valence-corrected chi connectivity index (χ2v) is 7.48. The minimum absolute atomic E-state index is 0.0181. The van der Waals surface area contributed by atoms with Crippen LogP contribution in [-0.4, -0.2) is 36.3 Å². The molecule has 2 aromatic rings. The molecular weight excluding hydrogens is 314 g/mol. The Morgan fingerprint density at radius 3 is 2.50 bits per heavy atom. The smallest absolute Gasteiger partial charge is 0.0520 e. The Morgan fingerprint density at radius 2 is 1.83 bits per heavy atom. The number of nitrogens with one attached hydrogen (secondary N) is 1. The Kier molecular flexibility index (Phi) is 5.82. The topological polar surface area (TPSA) is 41.3 Å². The molecule has 24 heavy (non-hydrogen) atoms. The Balaban J connectivity index is 1.61. The fourth-order valence-electron chi connectivity index (χ4n) is 3.37. The lowest BCUT2D eigenvalue weighted by atomic mass is 9.87. The monoisotopic (exact) mass is 341 g/mol. The largest absolute Gasteiger partial charge is 0.378 e. The van der Waals surface area contributed by atoms with Gasteiger partial charge in [0.1, 0.15) is 0 Å². The quantitative estimate of drug-likeness (QED) is 0.784. The second kappa shape index (κ2) is 8.06. The third-order valence-corrected chi connectivity index (χ3v) is 5.66. The number of hydrogen-bond acceptors (Lipinski definition) is 4. The van der Waals surface area contributed by atoms with Crippen LogP contribution in [0.15, 0.2) is 59.5 Å². The Bertz CT molecular complexity index is 636. The third-order valence-electron chi connectivity index (χ3n) is 4.93. The molecule has 4 heteroatoms. The number of benzene rings is 2. The number of hydrogen-bond donors (Lipinski definition) is 2. The Morgan fingerprint density at radius 1 is 1.08 bits per heavy atom. The van der Waals surface area contributed by atoms with Crippen LogP contribution in [0.4, 0.5) is 5.69 Å². The lowest BCUT2D eigenvalue weighted by molar-refractivity contribution is 0.170. The summed E-state index contributed by atoms with van der Waals surface area (Å²) in [6, 6.07) is 19.3. The summed E-state index contributed by atoms with van der Waals surface area (Å²) in [6.45, 7) is 3.88. The van der Waals surface area contributed by atoms with E-state index in [9.17, 15) is 0 Å². The first kappa shape index (κ1) is 17.3. The summed E-state index contributed by atoms with van der Waals surface area (Å²) in [5.41, 5.74) is 8.76. The van der Waals surface area contributed by atoms with Crippen molar-refractivity contribution in [2.75, 3.05) is 31.2 Å². The number of nitrogens with two attached hydrogens (primary N) is 1. The van der Waals surface area contributed by atoms with E-state index < -0.39 is 0 Å². The highest BCUT2D eigenvalue weighted by Crippen LogP contribution is 2.28. The lowest BCUT2D eigenvalue weighted by Crippen LogP contribution is -2.53. The van der Waals surface area contributed by atoms with Crippen LogP contribution in [0.2, 0.25) is 0 Å². The van der Waals surface area contributed by atoms with Crippen LogP contribution in [0.1, 0.15) is 18.4 Å². The van der Waals surface area contributed by atoms with E-state index in [1.165, 1.54) is 16.1 Å². The number of piperidine rings is 1. The molecule has 1 saturated heterocycles. The first-order chi connectivity index (χ1) is 11.7. The summed E-state index contributed by atoms with van der Waals surface area (Å²) in [6.07, 6.45) is 4.28. The van der Waals surface area contributed by atoms with E-state index in [1.807, 2.05) is 0 Å². The van der Waals surface area contributed by atoms with Gasteiger partial charge in [-0.3, -0.25) is 4.90 Å². The molecule has 0 amide bonds. The average Bonchev–Trinajstić information content (AvgIpc) is 2.64. The molecule has 1 aliphatic rings. The Hall–Kier alpha value is -1.49. The molecule has 3 rings (SSSR count). The van der Waals surface area contributed by atoms with Crippen molar-refractivity contribution >= 4 is 17.4 Å². The molecule has 0 bridgehead atoms. The number of rotatable bonds is 6. The van der Waals surface area contributed by atoms with E-state index in [0.29, 0.717) is 6.54 Å². The van der Waals surface area contributed by atoms with Crippen molar-refractivity contribution in [1.82, 2.24) is 4.90 Å². The highest BCUT2D eigenvalue weighted by Gasteiger charge is 2.33.